The molecule has 1 aliphatic heterocycles. The summed E-state index contributed by atoms with van der Waals surface area (Å²) in [6.45, 7) is 8.48. The fraction of sp³-hybridized carbons (Fsp3) is 0.733. The van der Waals surface area contributed by atoms with Crippen LogP contribution < -0.4 is 10.6 Å². The average molecular weight is 422 g/mol. The zero-order valence-electron chi connectivity index (χ0n) is 13.8. The van der Waals surface area contributed by atoms with Gasteiger partial charge in [0.05, 0.1) is 17.8 Å². The monoisotopic (exact) mass is 422 g/mol. The summed E-state index contributed by atoms with van der Waals surface area (Å²) >= 11 is 0. The van der Waals surface area contributed by atoms with Crippen molar-refractivity contribution in [3.63, 3.8) is 0 Å². The third-order valence-corrected chi connectivity index (χ3v) is 3.75. The van der Waals surface area contributed by atoms with Gasteiger partial charge in [0.2, 0.25) is 0 Å². The third kappa shape index (κ3) is 5.42. The molecular weight excluding hydrogens is 395 g/mol. The van der Waals surface area contributed by atoms with E-state index in [0.717, 1.165) is 43.4 Å². The minimum absolute atomic E-state index is 0. The van der Waals surface area contributed by atoms with Gasteiger partial charge in [-0.25, -0.2) is 0 Å². The summed E-state index contributed by atoms with van der Waals surface area (Å²) in [5.41, 5.74) is 0.885. The van der Waals surface area contributed by atoms with Gasteiger partial charge in [-0.3, -0.25) is 4.99 Å². The largest absolute Gasteiger partial charge is 0.373 e. The maximum absolute atomic E-state index is 5.75. The highest BCUT2D eigenvalue weighted by atomic mass is 127. The van der Waals surface area contributed by atoms with Crippen LogP contribution in [-0.2, 0) is 11.3 Å². The number of hydrogen-bond donors (Lipinski definition) is 2. The van der Waals surface area contributed by atoms with E-state index >= 15 is 0 Å². The Balaban J connectivity index is 0.00000242. The standard InChI is InChI=1S/C15H26N4O2.HI/c1-11(2)13-8-12(21-19-13)9-17-14(16-4)18-10-15(3)6-5-7-20-15;/h8,11H,5-7,9-10H2,1-4H3,(H2,16,17,18);1H. The second-order valence-electron chi connectivity index (χ2n) is 6.05. The molecule has 1 aromatic heterocycles. The van der Waals surface area contributed by atoms with Gasteiger partial charge in [0.25, 0.3) is 0 Å². The molecule has 126 valence electrons. The third-order valence-electron chi connectivity index (χ3n) is 3.75. The van der Waals surface area contributed by atoms with Crippen LogP contribution in [0.2, 0.25) is 0 Å². The van der Waals surface area contributed by atoms with Gasteiger partial charge >= 0.3 is 0 Å². The van der Waals surface area contributed by atoms with E-state index < -0.39 is 0 Å². The number of nitrogens with zero attached hydrogens (tertiary/aromatic N) is 2. The maximum Gasteiger partial charge on any atom is 0.191 e. The first kappa shape index (κ1) is 19.2. The molecule has 0 amide bonds. The molecular formula is C15H27IN4O2. The molecule has 2 N–H and O–H groups in total. The molecule has 1 unspecified atom stereocenters. The Morgan fingerprint density at radius 1 is 1.45 bits per heavy atom. The van der Waals surface area contributed by atoms with Gasteiger partial charge in [-0.15, -0.1) is 24.0 Å². The van der Waals surface area contributed by atoms with Crippen molar-refractivity contribution in [3.8, 4) is 0 Å². The summed E-state index contributed by atoms with van der Waals surface area (Å²) in [6, 6.07) is 1.98. The highest BCUT2D eigenvalue weighted by Gasteiger charge is 2.29. The normalized spacial score (nSPS) is 21.8. The van der Waals surface area contributed by atoms with Crippen LogP contribution >= 0.6 is 24.0 Å². The summed E-state index contributed by atoms with van der Waals surface area (Å²) in [5.74, 6) is 1.93. The van der Waals surface area contributed by atoms with Crippen LogP contribution in [-0.4, -0.2) is 36.9 Å². The van der Waals surface area contributed by atoms with Gasteiger partial charge in [0, 0.05) is 26.3 Å². The van der Waals surface area contributed by atoms with Crippen LogP contribution in [0.25, 0.3) is 0 Å². The molecule has 2 rings (SSSR count). The quantitative estimate of drug-likeness (QED) is 0.434. The molecule has 1 aliphatic rings. The van der Waals surface area contributed by atoms with E-state index in [1.165, 1.54) is 0 Å². The number of guanidine groups is 1. The van der Waals surface area contributed by atoms with Crippen molar-refractivity contribution < 1.29 is 9.26 Å². The van der Waals surface area contributed by atoms with E-state index in [1.807, 2.05) is 6.07 Å². The van der Waals surface area contributed by atoms with Crippen LogP contribution in [0.4, 0.5) is 0 Å². The van der Waals surface area contributed by atoms with Gasteiger partial charge in [-0.05, 0) is 25.7 Å². The molecule has 0 aliphatic carbocycles. The molecule has 6 nitrogen and oxygen atoms in total. The molecule has 2 heterocycles. The van der Waals surface area contributed by atoms with Crippen molar-refractivity contribution in [2.75, 3.05) is 20.2 Å². The van der Waals surface area contributed by atoms with E-state index in [2.05, 4.69) is 41.6 Å². The predicted octanol–water partition coefficient (Wildman–Crippen LogP) is 2.65. The van der Waals surface area contributed by atoms with Crippen LogP contribution in [0, 0.1) is 0 Å². The Hall–Kier alpha value is -0.830. The Labute approximate surface area is 149 Å². The molecule has 7 heteroatoms. The van der Waals surface area contributed by atoms with Gasteiger partial charge in [-0.2, -0.15) is 0 Å². The molecule has 1 fully saturated rings. The number of aliphatic imine (C=N–C) groups is 1. The lowest BCUT2D eigenvalue weighted by Crippen LogP contribution is -2.45. The molecule has 1 saturated heterocycles. The lowest BCUT2D eigenvalue weighted by Gasteiger charge is -2.24. The van der Waals surface area contributed by atoms with Gasteiger partial charge in [0.1, 0.15) is 0 Å². The topological polar surface area (TPSA) is 71.7 Å². The summed E-state index contributed by atoms with van der Waals surface area (Å²) in [7, 11) is 1.76. The molecule has 1 aromatic rings. The lowest BCUT2D eigenvalue weighted by atomic mass is 10.0. The molecule has 0 saturated carbocycles. The number of aromatic nitrogens is 1. The zero-order chi connectivity index (χ0) is 15.3. The fourth-order valence-electron chi connectivity index (χ4n) is 2.32. The number of ether oxygens (including phenoxy) is 1. The molecule has 22 heavy (non-hydrogen) atoms. The van der Waals surface area contributed by atoms with E-state index in [9.17, 15) is 0 Å². The molecule has 0 radical (unpaired) electrons. The number of hydrogen-bond acceptors (Lipinski definition) is 4. The van der Waals surface area contributed by atoms with Gasteiger partial charge in [0.15, 0.2) is 11.7 Å². The smallest absolute Gasteiger partial charge is 0.191 e. The van der Waals surface area contributed by atoms with Crippen molar-refractivity contribution >= 4 is 29.9 Å². The second-order valence-corrected chi connectivity index (χ2v) is 6.05. The zero-order valence-corrected chi connectivity index (χ0v) is 16.1. The van der Waals surface area contributed by atoms with Gasteiger partial charge in [-0.1, -0.05) is 19.0 Å². The van der Waals surface area contributed by atoms with Crippen molar-refractivity contribution in [2.45, 2.75) is 51.7 Å². The van der Waals surface area contributed by atoms with Crippen molar-refractivity contribution in [1.29, 1.82) is 0 Å². The van der Waals surface area contributed by atoms with Crippen LogP contribution in [0.1, 0.15) is 51.0 Å². The second kappa shape index (κ2) is 8.71. The van der Waals surface area contributed by atoms with E-state index in [1.54, 1.807) is 7.05 Å². The summed E-state index contributed by atoms with van der Waals surface area (Å²) < 4.78 is 11.1. The molecule has 0 aromatic carbocycles. The first-order valence-corrected chi connectivity index (χ1v) is 7.56. The fourth-order valence-corrected chi connectivity index (χ4v) is 2.32. The van der Waals surface area contributed by atoms with Crippen LogP contribution in [0.5, 0.6) is 0 Å². The van der Waals surface area contributed by atoms with Crippen molar-refractivity contribution in [1.82, 2.24) is 15.8 Å². The van der Waals surface area contributed by atoms with E-state index in [0.29, 0.717) is 12.5 Å². The van der Waals surface area contributed by atoms with Crippen molar-refractivity contribution in [2.24, 2.45) is 4.99 Å². The average Bonchev–Trinajstić information content (AvgIpc) is 3.08. The molecule has 0 bridgehead atoms. The Bertz CT molecular complexity index is 482. The first-order chi connectivity index (χ1) is 10.0. The van der Waals surface area contributed by atoms with Crippen LogP contribution in [0.3, 0.4) is 0 Å². The molecule has 0 spiro atoms. The predicted molar refractivity (Wildman–Crippen MR) is 97.8 cm³/mol. The Morgan fingerprint density at radius 2 is 2.23 bits per heavy atom. The SMILES string of the molecule is CN=C(NCc1cc(C(C)C)no1)NCC1(C)CCCO1.I. The maximum atomic E-state index is 5.75. The lowest BCUT2D eigenvalue weighted by molar-refractivity contribution is 0.0243. The Kier molecular flexibility index (Phi) is 7.61. The van der Waals surface area contributed by atoms with Crippen LogP contribution in [0.15, 0.2) is 15.6 Å². The van der Waals surface area contributed by atoms with Gasteiger partial charge < -0.3 is 19.9 Å². The highest BCUT2D eigenvalue weighted by Crippen LogP contribution is 2.23. The number of nitrogens with one attached hydrogen (secondary N) is 2. The molecule has 1 atom stereocenters. The van der Waals surface area contributed by atoms with E-state index in [4.69, 9.17) is 9.26 Å². The first-order valence-electron chi connectivity index (χ1n) is 7.56. The number of rotatable bonds is 5. The van der Waals surface area contributed by atoms with E-state index in [-0.39, 0.29) is 29.6 Å². The summed E-state index contributed by atoms with van der Waals surface area (Å²) in [5, 5.41) is 10.6. The summed E-state index contributed by atoms with van der Waals surface area (Å²) in [4.78, 5) is 4.21. The Morgan fingerprint density at radius 3 is 2.77 bits per heavy atom. The highest BCUT2D eigenvalue weighted by molar-refractivity contribution is 14.0. The minimum atomic E-state index is -0.0886. The summed E-state index contributed by atoms with van der Waals surface area (Å²) in [6.07, 6.45) is 2.21. The number of halogens is 1. The van der Waals surface area contributed by atoms with Crippen molar-refractivity contribution in [3.05, 3.63) is 17.5 Å². The minimum Gasteiger partial charge on any atom is -0.373 e.